The van der Waals surface area contributed by atoms with E-state index in [1.54, 1.807) is 19.3 Å². The summed E-state index contributed by atoms with van der Waals surface area (Å²) in [7, 11) is 0. The minimum Gasteiger partial charge on any atom is -0.472 e. The minimum atomic E-state index is -0.785. The second kappa shape index (κ2) is 5.74. The fraction of sp³-hybridized carbons (Fsp3) is 0.591. The molecule has 1 saturated heterocycles. The van der Waals surface area contributed by atoms with Crippen molar-refractivity contribution in [2.45, 2.75) is 58.8 Å². The van der Waals surface area contributed by atoms with Crippen LogP contribution in [0.1, 0.15) is 52.2 Å². The number of furan rings is 1. The van der Waals surface area contributed by atoms with Gasteiger partial charge in [-0.3, -0.25) is 9.59 Å². The van der Waals surface area contributed by atoms with Gasteiger partial charge in [0, 0.05) is 35.8 Å². The predicted octanol–water partition coefficient (Wildman–Crippen LogP) is 3.10. The molecule has 5 rings (SSSR count). The Hall–Kier alpha value is -2.57. The number of carbonyl (C=O) groups is 3. The smallest absolute Gasteiger partial charge is 0.334 e. The fourth-order valence-corrected chi connectivity index (χ4v) is 6.74. The molecule has 1 aromatic heterocycles. The predicted molar refractivity (Wildman–Crippen MR) is 98.1 cm³/mol. The number of carbonyl (C=O) groups excluding carboxylic acids is 3. The van der Waals surface area contributed by atoms with Crippen molar-refractivity contribution in [3.05, 3.63) is 35.3 Å². The molecule has 2 aliphatic heterocycles. The van der Waals surface area contributed by atoms with Crippen LogP contribution in [0.25, 0.3) is 0 Å². The molecule has 7 heteroatoms. The van der Waals surface area contributed by atoms with Gasteiger partial charge in [-0.25, -0.2) is 4.79 Å². The van der Waals surface area contributed by atoms with Crippen molar-refractivity contribution in [3.63, 3.8) is 0 Å². The van der Waals surface area contributed by atoms with Crippen molar-refractivity contribution in [2.24, 2.45) is 22.7 Å². The summed E-state index contributed by atoms with van der Waals surface area (Å²) in [5.74, 6) is -1.73. The lowest BCUT2D eigenvalue weighted by Crippen LogP contribution is -2.49. The fourth-order valence-electron chi connectivity index (χ4n) is 6.74. The Balaban J connectivity index is 1.75. The Morgan fingerprint density at radius 1 is 1.17 bits per heavy atom. The van der Waals surface area contributed by atoms with Crippen LogP contribution >= 0.6 is 0 Å². The van der Waals surface area contributed by atoms with E-state index in [9.17, 15) is 14.4 Å². The van der Waals surface area contributed by atoms with Gasteiger partial charge in [-0.1, -0.05) is 6.92 Å². The van der Waals surface area contributed by atoms with Gasteiger partial charge in [0.1, 0.15) is 18.3 Å². The lowest BCUT2D eigenvalue weighted by molar-refractivity contribution is -0.167. The van der Waals surface area contributed by atoms with E-state index in [1.165, 1.54) is 13.2 Å². The first-order valence-corrected chi connectivity index (χ1v) is 9.99. The van der Waals surface area contributed by atoms with Gasteiger partial charge in [0.15, 0.2) is 0 Å². The third kappa shape index (κ3) is 2.27. The number of rotatable bonds is 2. The van der Waals surface area contributed by atoms with E-state index in [0.29, 0.717) is 24.0 Å². The molecule has 3 heterocycles. The van der Waals surface area contributed by atoms with E-state index in [-0.39, 0.29) is 29.9 Å². The molecule has 0 unspecified atom stereocenters. The van der Waals surface area contributed by atoms with Gasteiger partial charge in [-0.05, 0) is 31.9 Å². The molecular formula is C22H24O7. The molecule has 0 spiro atoms. The van der Waals surface area contributed by atoms with Crippen molar-refractivity contribution in [2.75, 3.05) is 0 Å². The quantitative estimate of drug-likeness (QED) is 0.556. The lowest BCUT2D eigenvalue weighted by Gasteiger charge is -2.45. The first-order chi connectivity index (χ1) is 13.7. The van der Waals surface area contributed by atoms with Gasteiger partial charge in [0.25, 0.3) is 0 Å². The second-order valence-corrected chi connectivity index (χ2v) is 9.27. The first-order valence-electron chi connectivity index (χ1n) is 9.99. The number of ether oxygens (including phenoxy) is 3. The number of hydrogen-bond acceptors (Lipinski definition) is 7. The van der Waals surface area contributed by atoms with Gasteiger partial charge >= 0.3 is 17.9 Å². The van der Waals surface area contributed by atoms with Crippen molar-refractivity contribution >= 4 is 17.9 Å². The third-order valence-corrected chi connectivity index (χ3v) is 7.49. The molecule has 3 fully saturated rings. The summed E-state index contributed by atoms with van der Waals surface area (Å²) in [6.45, 7) is 7.10. The van der Waals surface area contributed by atoms with Gasteiger partial charge in [0.05, 0.1) is 23.9 Å². The number of cyclic esters (lactones) is 1. The SMILES string of the molecule is CC(=O)O[C@H]1[C@@H]2C(=C(C)C(=O)O[C@H]2c2ccoc2)[C@@]2(C)C[C@H]3C[C@](C)(C(=O)O3)[C@@H]12. The standard InChI is InChI=1S/C22H24O7/c1-10-15-14(16(29-19(10)24)12-5-6-26-9-12)17(27-11(2)23)18-21(15,3)7-13-8-22(18,4)20(25)28-13/h5-6,9,13-14,16-18H,7-8H2,1-4H3/t13-,14+,16-,17-,18-,21+,22-/m0/s1. The number of hydrogen-bond donors (Lipinski definition) is 0. The van der Waals surface area contributed by atoms with E-state index in [0.717, 1.165) is 5.57 Å². The minimum absolute atomic E-state index is 0.198. The molecule has 0 amide bonds. The van der Waals surface area contributed by atoms with Gasteiger partial charge in [-0.2, -0.15) is 0 Å². The molecule has 2 saturated carbocycles. The van der Waals surface area contributed by atoms with E-state index < -0.39 is 29.0 Å². The van der Waals surface area contributed by atoms with Crippen molar-refractivity contribution in [1.82, 2.24) is 0 Å². The van der Waals surface area contributed by atoms with E-state index in [2.05, 4.69) is 6.92 Å². The summed E-state index contributed by atoms with van der Waals surface area (Å²) < 4.78 is 22.6. The Morgan fingerprint density at radius 2 is 1.90 bits per heavy atom. The van der Waals surface area contributed by atoms with Crippen molar-refractivity contribution in [1.29, 1.82) is 0 Å². The molecule has 1 aromatic rings. The highest BCUT2D eigenvalue weighted by Gasteiger charge is 2.72. The average molecular weight is 400 g/mol. The molecule has 2 aliphatic carbocycles. The monoisotopic (exact) mass is 400 g/mol. The largest absolute Gasteiger partial charge is 0.472 e. The molecule has 2 bridgehead atoms. The van der Waals surface area contributed by atoms with Crippen LogP contribution in [0.4, 0.5) is 0 Å². The van der Waals surface area contributed by atoms with Crippen LogP contribution < -0.4 is 0 Å². The molecule has 7 atom stereocenters. The number of fused-ring (bicyclic) bond motifs is 6. The van der Waals surface area contributed by atoms with Crippen LogP contribution in [0.15, 0.2) is 34.2 Å². The normalized spacial score (nSPS) is 42.8. The maximum absolute atomic E-state index is 12.9. The average Bonchev–Trinajstić information content (AvgIpc) is 3.28. The molecule has 0 N–H and O–H groups in total. The lowest BCUT2D eigenvalue weighted by atomic mass is 9.56. The molecule has 154 valence electrons. The maximum atomic E-state index is 12.9. The maximum Gasteiger partial charge on any atom is 0.334 e. The van der Waals surface area contributed by atoms with Crippen LogP contribution in [-0.2, 0) is 28.6 Å². The second-order valence-electron chi connectivity index (χ2n) is 9.27. The van der Waals surface area contributed by atoms with Crippen LogP contribution in [0.3, 0.4) is 0 Å². The van der Waals surface area contributed by atoms with Crippen LogP contribution in [0, 0.1) is 22.7 Å². The van der Waals surface area contributed by atoms with E-state index >= 15 is 0 Å². The van der Waals surface area contributed by atoms with Crippen molar-refractivity contribution < 1.29 is 33.0 Å². The van der Waals surface area contributed by atoms with E-state index in [1.807, 2.05) is 6.92 Å². The molecule has 7 nitrogen and oxygen atoms in total. The third-order valence-electron chi connectivity index (χ3n) is 7.49. The Bertz CT molecular complexity index is 944. The van der Waals surface area contributed by atoms with Crippen LogP contribution in [-0.4, -0.2) is 30.1 Å². The summed E-state index contributed by atoms with van der Waals surface area (Å²) in [6, 6.07) is 1.76. The summed E-state index contributed by atoms with van der Waals surface area (Å²) in [5.41, 5.74) is 0.872. The van der Waals surface area contributed by atoms with Crippen molar-refractivity contribution in [3.8, 4) is 0 Å². The highest BCUT2D eigenvalue weighted by Crippen LogP contribution is 2.70. The summed E-state index contributed by atoms with van der Waals surface area (Å²) in [5, 5.41) is 0. The summed E-state index contributed by atoms with van der Waals surface area (Å²) in [6.07, 6.45) is 2.83. The Morgan fingerprint density at radius 3 is 2.55 bits per heavy atom. The first kappa shape index (κ1) is 18.5. The zero-order valence-electron chi connectivity index (χ0n) is 16.9. The molecule has 0 radical (unpaired) electrons. The van der Waals surface area contributed by atoms with Gasteiger partial charge in [-0.15, -0.1) is 0 Å². The zero-order valence-corrected chi connectivity index (χ0v) is 16.9. The molecule has 4 aliphatic rings. The van der Waals surface area contributed by atoms with Crippen LogP contribution in [0.2, 0.25) is 0 Å². The topological polar surface area (TPSA) is 92.0 Å². The Kier molecular flexibility index (Phi) is 3.65. The molecular weight excluding hydrogens is 376 g/mol. The molecule has 0 aromatic carbocycles. The zero-order chi connectivity index (χ0) is 20.7. The highest BCUT2D eigenvalue weighted by molar-refractivity contribution is 5.91. The van der Waals surface area contributed by atoms with E-state index in [4.69, 9.17) is 18.6 Å². The Labute approximate surface area is 168 Å². The summed E-state index contributed by atoms with van der Waals surface area (Å²) >= 11 is 0. The van der Waals surface area contributed by atoms with Crippen LogP contribution in [0.5, 0.6) is 0 Å². The van der Waals surface area contributed by atoms with Gasteiger partial charge in [0.2, 0.25) is 0 Å². The van der Waals surface area contributed by atoms with Gasteiger partial charge < -0.3 is 18.6 Å². The molecule has 29 heavy (non-hydrogen) atoms. The highest BCUT2D eigenvalue weighted by atomic mass is 16.6. The summed E-state index contributed by atoms with van der Waals surface area (Å²) in [4.78, 5) is 37.8. The number of esters is 3.